The maximum atomic E-state index is 12.4. The molecule has 0 unspecified atom stereocenters. The molecule has 0 atom stereocenters. The summed E-state index contributed by atoms with van der Waals surface area (Å²) in [5, 5.41) is 2.66. The fourth-order valence-electron chi connectivity index (χ4n) is 2.63. The van der Waals surface area contributed by atoms with Crippen molar-refractivity contribution in [3.8, 4) is 5.75 Å². The van der Waals surface area contributed by atoms with Crippen LogP contribution in [-0.4, -0.2) is 25.5 Å². The number of carbonyl (C=O) groups excluding carboxylic acids is 2. The number of fused-ring (bicyclic) bond motifs is 1. The molecule has 0 saturated heterocycles. The summed E-state index contributed by atoms with van der Waals surface area (Å²) >= 11 is 0. The predicted octanol–water partition coefficient (Wildman–Crippen LogP) is 2.28. The fourth-order valence-corrected chi connectivity index (χ4v) is 2.63. The molecule has 1 aliphatic rings. The third-order valence-electron chi connectivity index (χ3n) is 3.89. The Bertz CT molecular complexity index is 753. The van der Waals surface area contributed by atoms with Crippen LogP contribution in [0.5, 0.6) is 5.75 Å². The van der Waals surface area contributed by atoms with Gasteiger partial charge in [0, 0.05) is 0 Å². The van der Waals surface area contributed by atoms with E-state index < -0.39 is 0 Å². The summed E-state index contributed by atoms with van der Waals surface area (Å²) in [6.07, 6.45) is 0. The minimum atomic E-state index is -0.214. The first-order valence-electron chi connectivity index (χ1n) is 7.40. The number of anilines is 1. The van der Waals surface area contributed by atoms with E-state index >= 15 is 0 Å². The number of ether oxygens (including phenoxy) is 1. The predicted molar refractivity (Wildman–Crippen MR) is 87.7 cm³/mol. The maximum absolute atomic E-state index is 12.4. The largest absolute Gasteiger partial charge is 0.497 e. The van der Waals surface area contributed by atoms with Crippen molar-refractivity contribution in [2.24, 2.45) is 0 Å². The lowest BCUT2D eigenvalue weighted by atomic mass is 10.1. The molecule has 1 heterocycles. The number of hydrogen-bond donors (Lipinski definition) is 1. The van der Waals surface area contributed by atoms with Gasteiger partial charge in [0.25, 0.3) is 5.91 Å². The lowest BCUT2D eigenvalue weighted by Crippen LogP contribution is -2.36. The number of amides is 2. The number of methoxy groups -OCH3 is 1. The van der Waals surface area contributed by atoms with E-state index in [9.17, 15) is 9.59 Å². The molecule has 5 nitrogen and oxygen atoms in total. The summed E-state index contributed by atoms with van der Waals surface area (Å²) in [6.45, 7) is 2.34. The molecule has 1 aliphatic heterocycles. The fraction of sp³-hybridized carbons (Fsp3) is 0.222. The van der Waals surface area contributed by atoms with Gasteiger partial charge < -0.3 is 15.0 Å². The Labute approximate surface area is 134 Å². The lowest BCUT2D eigenvalue weighted by Gasteiger charge is -2.22. The number of aryl methyl sites for hydroxylation is 1. The average Bonchev–Trinajstić information content (AvgIpc) is 2.68. The molecule has 118 valence electrons. The third-order valence-corrected chi connectivity index (χ3v) is 3.89. The van der Waals surface area contributed by atoms with Crippen LogP contribution in [0, 0.1) is 6.92 Å². The van der Waals surface area contributed by atoms with E-state index in [1.54, 1.807) is 12.0 Å². The Kier molecular flexibility index (Phi) is 4.02. The molecule has 2 amide bonds. The molecule has 2 aromatic carbocycles. The van der Waals surface area contributed by atoms with Crippen molar-refractivity contribution in [3.05, 3.63) is 59.2 Å². The summed E-state index contributed by atoms with van der Waals surface area (Å²) in [4.78, 5) is 26.2. The van der Waals surface area contributed by atoms with Gasteiger partial charge in [0.1, 0.15) is 5.75 Å². The lowest BCUT2D eigenvalue weighted by molar-refractivity contribution is -0.117. The minimum Gasteiger partial charge on any atom is -0.497 e. The zero-order chi connectivity index (χ0) is 16.4. The molecular weight excluding hydrogens is 292 g/mol. The van der Waals surface area contributed by atoms with E-state index in [0.29, 0.717) is 17.8 Å². The highest BCUT2D eigenvalue weighted by Gasteiger charge is 2.26. The highest BCUT2D eigenvalue weighted by molar-refractivity contribution is 6.09. The van der Waals surface area contributed by atoms with Crippen molar-refractivity contribution >= 4 is 17.5 Å². The Morgan fingerprint density at radius 3 is 2.57 bits per heavy atom. The van der Waals surface area contributed by atoms with Crippen molar-refractivity contribution in [1.82, 2.24) is 5.32 Å². The quantitative estimate of drug-likeness (QED) is 0.946. The molecule has 0 spiro atoms. The summed E-state index contributed by atoms with van der Waals surface area (Å²) in [6, 6.07) is 13.1. The first-order chi connectivity index (χ1) is 11.1. The maximum Gasteiger partial charge on any atom is 0.253 e. The first-order valence-corrected chi connectivity index (χ1v) is 7.40. The number of nitrogens with zero attached hydrogens (tertiary/aromatic N) is 1. The molecule has 0 fully saturated rings. The molecule has 23 heavy (non-hydrogen) atoms. The summed E-state index contributed by atoms with van der Waals surface area (Å²) in [5.74, 6) is 0.426. The third kappa shape index (κ3) is 3.04. The van der Waals surface area contributed by atoms with E-state index in [1.165, 1.54) is 0 Å². The van der Waals surface area contributed by atoms with Crippen molar-refractivity contribution in [2.75, 3.05) is 18.6 Å². The molecule has 0 aromatic heterocycles. The molecular formula is C18H18N2O3. The average molecular weight is 310 g/mol. The summed E-state index contributed by atoms with van der Waals surface area (Å²) < 4.78 is 5.15. The smallest absolute Gasteiger partial charge is 0.253 e. The Hall–Kier alpha value is -2.82. The van der Waals surface area contributed by atoms with Gasteiger partial charge in [-0.3, -0.25) is 9.59 Å². The van der Waals surface area contributed by atoms with Crippen LogP contribution < -0.4 is 15.0 Å². The van der Waals surface area contributed by atoms with Crippen molar-refractivity contribution < 1.29 is 14.3 Å². The van der Waals surface area contributed by atoms with Crippen molar-refractivity contribution in [2.45, 2.75) is 13.5 Å². The van der Waals surface area contributed by atoms with Gasteiger partial charge in [-0.25, -0.2) is 0 Å². The van der Waals surface area contributed by atoms with Crippen molar-refractivity contribution in [1.29, 1.82) is 0 Å². The van der Waals surface area contributed by atoms with Gasteiger partial charge in [0.05, 0.1) is 31.5 Å². The molecule has 5 heteroatoms. The second-order valence-electron chi connectivity index (χ2n) is 5.53. The van der Waals surface area contributed by atoms with E-state index in [2.05, 4.69) is 5.32 Å². The van der Waals surface area contributed by atoms with Gasteiger partial charge >= 0.3 is 0 Å². The van der Waals surface area contributed by atoms with Crippen molar-refractivity contribution in [3.63, 3.8) is 0 Å². The van der Waals surface area contributed by atoms with Crippen LogP contribution in [0.25, 0.3) is 0 Å². The standard InChI is InChI=1S/C18H18N2O3/c1-12-3-8-16-15(9-12)18(22)19-10-17(21)20(16)11-13-4-6-14(23-2)7-5-13/h3-9H,10-11H2,1-2H3,(H,19,22). The second kappa shape index (κ2) is 6.12. The van der Waals surface area contributed by atoms with Crippen LogP contribution in [0.3, 0.4) is 0 Å². The molecule has 3 rings (SSSR count). The topological polar surface area (TPSA) is 58.6 Å². The molecule has 1 N–H and O–H groups in total. The van der Waals surface area contributed by atoms with Gasteiger partial charge in [-0.05, 0) is 36.8 Å². The monoisotopic (exact) mass is 310 g/mol. The number of benzene rings is 2. The van der Waals surface area contributed by atoms with Gasteiger partial charge in [0.15, 0.2) is 0 Å². The van der Waals surface area contributed by atoms with Gasteiger partial charge in [-0.2, -0.15) is 0 Å². The number of hydrogen-bond acceptors (Lipinski definition) is 3. The van der Waals surface area contributed by atoms with E-state index in [1.807, 2.05) is 49.4 Å². The Balaban J connectivity index is 1.97. The minimum absolute atomic E-state index is 0.00269. The zero-order valence-corrected chi connectivity index (χ0v) is 13.1. The summed E-state index contributed by atoms with van der Waals surface area (Å²) in [7, 11) is 1.61. The summed E-state index contributed by atoms with van der Waals surface area (Å²) in [5.41, 5.74) is 3.13. The normalized spacial score (nSPS) is 14.1. The highest BCUT2D eigenvalue weighted by Crippen LogP contribution is 2.26. The number of carbonyl (C=O) groups is 2. The van der Waals surface area contributed by atoms with Crippen LogP contribution in [-0.2, 0) is 11.3 Å². The number of nitrogens with one attached hydrogen (secondary N) is 1. The molecule has 0 radical (unpaired) electrons. The molecule has 0 saturated carbocycles. The second-order valence-corrected chi connectivity index (χ2v) is 5.53. The molecule has 2 aromatic rings. The Morgan fingerprint density at radius 2 is 1.87 bits per heavy atom. The van der Waals surface area contributed by atoms with E-state index in [4.69, 9.17) is 4.74 Å². The van der Waals surface area contributed by atoms with Crippen LogP contribution in [0.2, 0.25) is 0 Å². The van der Waals surface area contributed by atoms with Gasteiger partial charge in [-0.15, -0.1) is 0 Å². The molecule has 0 aliphatic carbocycles. The first kappa shape index (κ1) is 15.1. The van der Waals surface area contributed by atoms with Crippen LogP contribution in [0.15, 0.2) is 42.5 Å². The van der Waals surface area contributed by atoms with E-state index in [0.717, 1.165) is 16.9 Å². The SMILES string of the molecule is COc1ccc(CN2C(=O)CNC(=O)c3cc(C)ccc32)cc1. The highest BCUT2D eigenvalue weighted by atomic mass is 16.5. The van der Waals surface area contributed by atoms with Crippen LogP contribution in [0.1, 0.15) is 21.5 Å². The van der Waals surface area contributed by atoms with E-state index in [-0.39, 0.29) is 18.4 Å². The van der Waals surface area contributed by atoms with Gasteiger partial charge in [-0.1, -0.05) is 23.8 Å². The number of rotatable bonds is 3. The zero-order valence-electron chi connectivity index (χ0n) is 13.1. The van der Waals surface area contributed by atoms with Gasteiger partial charge in [0.2, 0.25) is 5.91 Å². The van der Waals surface area contributed by atoms with Crippen LogP contribution >= 0.6 is 0 Å². The molecule has 0 bridgehead atoms. The Morgan fingerprint density at radius 1 is 1.13 bits per heavy atom. The van der Waals surface area contributed by atoms with Crippen LogP contribution in [0.4, 0.5) is 5.69 Å².